The van der Waals surface area contributed by atoms with E-state index < -0.39 is 5.97 Å². The minimum atomic E-state index is -0.650. The van der Waals surface area contributed by atoms with E-state index in [0.29, 0.717) is 6.42 Å². The molecule has 0 saturated heterocycles. The molecule has 1 N–H and O–H groups in total. The van der Waals surface area contributed by atoms with Crippen LogP contribution >= 0.6 is 0 Å². The van der Waals surface area contributed by atoms with E-state index >= 15 is 0 Å². The van der Waals surface area contributed by atoms with E-state index in [1.807, 2.05) is 0 Å². The molecule has 0 fully saturated rings. The SMILES string of the molecule is CCCCCCCCCCCCCCCCCCCCCCCC(=O)O.[Ba]. The number of unbranched alkanes of at least 4 members (excludes halogenated alkanes) is 20. The van der Waals surface area contributed by atoms with Crippen molar-refractivity contribution >= 4 is 54.9 Å². The number of hydrogen-bond donors (Lipinski definition) is 1. The first-order valence-electron chi connectivity index (χ1n) is 12.0. The first kappa shape index (κ1) is 30.2. The van der Waals surface area contributed by atoms with Crippen LogP contribution in [0.1, 0.15) is 148 Å². The molecule has 0 amide bonds. The Morgan fingerprint density at radius 1 is 0.481 bits per heavy atom. The van der Waals surface area contributed by atoms with Crippen LogP contribution in [-0.2, 0) is 4.79 Å². The van der Waals surface area contributed by atoms with Gasteiger partial charge in [0.15, 0.2) is 0 Å². The smallest absolute Gasteiger partial charge is 0.303 e. The average molecular weight is 506 g/mol. The van der Waals surface area contributed by atoms with Gasteiger partial charge < -0.3 is 5.11 Å². The van der Waals surface area contributed by atoms with Crippen molar-refractivity contribution in [3.8, 4) is 0 Å². The molecule has 27 heavy (non-hydrogen) atoms. The number of carboxylic acid groups (broad SMARTS) is 1. The first-order valence-corrected chi connectivity index (χ1v) is 12.0. The Hall–Kier alpha value is 1.04. The van der Waals surface area contributed by atoms with Crippen molar-refractivity contribution in [3.05, 3.63) is 0 Å². The predicted molar refractivity (Wildman–Crippen MR) is 121 cm³/mol. The quantitative estimate of drug-likeness (QED) is 0.119. The van der Waals surface area contributed by atoms with Crippen LogP contribution in [0.5, 0.6) is 0 Å². The maximum Gasteiger partial charge on any atom is 0.303 e. The topological polar surface area (TPSA) is 37.3 Å². The van der Waals surface area contributed by atoms with Gasteiger partial charge in [-0.05, 0) is 6.42 Å². The maximum atomic E-state index is 10.4. The Balaban J connectivity index is 0. The number of carboxylic acids is 1. The third kappa shape index (κ3) is 29.3. The third-order valence-electron chi connectivity index (χ3n) is 5.49. The van der Waals surface area contributed by atoms with Crippen LogP contribution in [0.3, 0.4) is 0 Å². The summed E-state index contributed by atoms with van der Waals surface area (Å²) in [6.45, 7) is 2.29. The Morgan fingerprint density at radius 2 is 0.704 bits per heavy atom. The van der Waals surface area contributed by atoms with E-state index in [1.165, 1.54) is 122 Å². The van der Waals surface area contributed by atoms with Gasteiger partial charge in [0.2, 0.25) is 0 Å². The van der Waals surface area contributed by atoms with Crippen LogP contribution in [0.4, 0.5) is 0 Å². The zero-order valence-corrected chi connectivity index (χ0v) is 23.1. The second kappa shape index (κ2) is 27.0. The molecular weight excluding hydrogens is 458 g/mol. The third-order valence-corrected chi connectivity index (χ3v) is 5.49. The van der Waals surface area contributed by atoms with Gasteiger partial charge in [-0.3, -0.25) is 4.79 Å². The molecule has 0 aliphatic rings. The molecule has 0 unspecified atom stereocenters. The molecule has 0 saturated carbocycles. The van der Waals surface area contributed by atoms with Crippen molar-refractivity contribution in [1.82, 2.24) is 0 Å². The van der Waals surface area contributed by atoms with E-state index in [9.17, 15) is 4.79 Å². The average Bonchev–Trinajstić information content (AvgIpc) is 2.62. The van der Waals surface area contributed by atoms with Gasteiger partial charge in [-0.2, -0.15) is 0 Å². The normalized spacial score (nSPS) is 10.7. The van der Waals surface area contributed by atoms with E-state index in [1.54, 1.807) is 0 Å². The first-order chi connectivity index (χ1) is 12.8. The van der Waals surface area contributed by atoms with Gasteiger partial charge in [-0.1, -0.05) is 135 Å². The standard InChI is InChI=1S/C24H48O2.Ba/c1-2-3-4-5-6-7-8-9-10-11-12-13-14-15-16-17-18-19-20-21-22-23-24(25)26;/h2-23H2,1H3,(H,25,26);. The van der Waals surface area contributed by atoms with Gasteiger partial charge in [0.25, 0.3) is 0 Å². The summed E-state index contributed by atoms with van der Waals surface area (Å²) >= 11 is 0. The molecule has 3 heteroatoms. The minimum Gasteiger partial charge on any atom is -0.481 e. The van der Waals surface area contributed by atoms with Gasteiger partial charge in [0, 0.05) is 55.3 Å². The summed E-state index contributed by atoms with van der Waals surface area (Å²) in [6.07, 6.45) is 29.1. The molecule has 0 aromatic heterocycles. The predicted octanol–water partition coefficient (Wildman–Crippen LogP) is 8.29. The molecule has 2 nitrogen and oxygen atoms in total. The van der Waals surface area contributed by atoms with E-state index in [0.717, 1.165) is 12.8 Å². The second-order valence-corrected chi connectivity index (χ2v) is 8.21. The number of carbonyl (C=O) groups is 1. The number of hydrogen-bond acceptors (Lipinski definition) is 1. The fourth-order valence-electron chi connectivity index (χ4n) is 3.71. The zero-order chi connectivity index (χ0) is 19.1. The second-order valence-electron chi connectivity index (χ2n) is 8.21. The molecule has 0 bridgehead atoms. The van der Waals surface area contributed by atoms with Crippen molar-refractivity contribution < 1.29 is 9.90 Å². The van der Waals surface area contributed by atoms with E-state index in [2.05, 4.69) is 6.92 Å². The molecule has 0 heterocycles. The zero-order valence-electron chi connectivity index (χ0n) is 18.6. The summed E-state index contributed by atoms with van der Waals surface area (Å²) in [5, 5.41) is 8.57. The summed E-state index contributed by atoms with van der Waals surface area (Å²) in [7, 11) is 0. The van der Waals surface area contributed by atoms with Gasteiger partial charge in [0.1, 0.15) is 0 Å². The van der Waals surface area contributed by atoms with Gasteiger partial charge in [-0.25, -0.2) is 0 Å². The number of aliphatic carboxylic acids is 1. The molecule has 0 aromatic carbocycles. The van der Waals surface area contributed by atoms with Crippen molar-refractivity contribution in [2.75, 3.05) is 0 Å². The minimum absolute atomic E-state index is 0. The molecule has 0 spiro atoms. The van der Waals surface area contributed by atoms with Gasteiger partial charge in [0.05, 0.1) is 0 Å². The molecule has 0 atom stereocenters. The van der Waals surface area contributed by atoms with Crippen molar-refractivity contribution in [2.24, 2.45) is 0 Å². The molecule has 2 radical (unpaired) electrons. The van der Waals surface area contributed by atoms with Crippen LogP contribution in [0.15, 0.2) is 0 Å². The molecule has 158 valence electrons. The summed E-state index contributed by atoms with van der Waals surface area (Å²) in [6, 6.07) is 0. The fraction of sp³-hybridized carbons (Fsp3) is 0.958. The summed E-state index contributed by atoms with van der Waals surface area (Å²) in [5.41, 5.74) is 0. The Bertz CT molecular complexity index is 282. The molecule has 0 aliphatic heterocycles. The fourth-order valence-corrected chi connectivity index (χ4v) is 3.71. The maximum absolute atomic E-state index is 10.4. The van der Waals surface area contributed by atoms with Crippen LogP contribution < -0.4 is 0 Å². The summed E-state index contributed by atoms with van der Waals surface area (Å²) < 4.78 is 0. The van der Waals surface area contributed by atoms with E-state index in [-0.39, 0.29) is 48.9 Å². The Kier molecular flexibility index (Phi) is 30.3. The largest absolute Gasteiger partial charge is 0.481 e. The Morgan fingerprint density at radius 3 is 0.926 bits per heavy atom. The van der Waals surface area contributed by atoms with Crippen LogP contribution in [0.25, 0.3) is 0 Å². The van der Waals surface area contributed by atoms with Crippen LogP contribution in [-0.4, -0.2) is 60.0 Å². The Labute approximate surface area is 211 Å². The van der Waals surface area contributed by atoms with Crippen LogP contribution in [0.2, 0.25) is 0 Å². The van der Waals surface area contributed by atoms with Crippen molar-refractivity contribution in [2.45, 2.75) is 148 Å². The molecule has 0 aromatic rings. The van der Waals surface area contributed by atoms with Crippen LogP contribution in [0, 0.1) is 0 Å². The van der Waals surface area contributed by atoms with Gasteiger partial charge >= 0.3 is 5.97 Å². The van der Waals surface area contributed by atoms with Gasteiger partial charge in [-0.15, -0.1) is 0 Å². The van der Waals surface area contributed by atoms with E-state index in [4.69, 9.17) is 5.11 Å². The molecular formula is C24H48BaO2. The summed E-state index contributed by atoms with van der Waals surface area (Å²) in [5.74, 6) is -0.650. The summed E-state index contributed by atoms with van der Waals surface area (Å²) in [4.78, 5) is 10.4. The molecule has 0 rings (SSSR count). The van der Waals surface area contributed by atoms with Crippen molar-refractivity contribution in [1.29, 1.82) is 0 Å². The monoisotopic (exact) mass is 506 g/mol. The molecule has 0 aliphatic carbocycles. The van der Waals surface area contributed by atoms with Crippen molar-refractivity contribution in [3.63, 3.8) is 0 Å². The number of rotatable bonds is 22.